The molecule has 1 N–H and O–H groups in total. The second-order valence-corrected chi connectivity index (χ2v) is 7.64. The monoisotopic (exact) mass is 416 g/mol. The van der Waals surface area contributed by atoms with E-state index in [0.29, 0.717) is 18.5 Å². The number of anilines is 1. The Balaban J connectivity index is 1.57. The van der Waals surface area contributed by atoms with E-state index in [-0.39, 0.29) is 17.9 Å². The van der Waals surface area contributed by atoms with Crippen LogP contribution in [0.5, 0.6) is 5.75 Å². The number of β-lactam (4-membered cyclic amide) rings is 1. The molecule has 0 radical (unpaired) electrons. The van der Waals surface area contributed by atoms with Crippen molar-refractivity contribution < 1.29 is 14.6 Å². The maximum Gasteiger partial charge on any atom is 0.233 e. The molecule has 158 valence electrons. The van der Waals surface area contributed by atoms with Crippen LogP contribution in [0, 0.1) is 10.8 Å². The zero-order valence-corrected chi connectivity index (χ0v) is 17.2. The maximum absolute atomic E-state index is 13.1. The van der Waals surface area contributed by atoms with E-state index in [0.717, 1.165) is 22.6 Å². The van der Waals surface area contributed by atoms with Crippen molar-refractivity contribution in [1.29, 1.82) is 0 Å². The minimum Gasteiger partial charge on any atom is -0.497 e. The molecule has 2 unspecified atom stereocenters. The van der Waals surface area contributed by atoms with Crippen LogP contribution in [-0.4, -0.2) is 18.1 Å². The molecule has 0 aromatic heterocycles. The summed E-state index contributed by atoms with van der Waals surface area (Å²) in [6.45, 7) is 0. The van der Waals surface area contributed by atoms with E-state index in [1.165, 1.54) is 0 Å². The molecule has 3 aromatic rings. The Labute approximate surface area is 181 Å². The van der Waals surface area contributed by atoms with E-state index in [1.54, 1.807) is 36.3 Å². The van der Waals surface area contributed by atoms with E-state index in [1.807, 2.05) is 54.6 Å². The normalized spacial score (nSPS) is 18.9. The smallest absolute Gasteiger partial charge is 0.233 e. The Bertz CT molecular complexity index is 1040. The van der Waals surface area contributed by atoms with Crippen LogP contribution in [0.3, 0.4) is 0 Å². The SMILES string of the molecule is COc1ccc(C2C(CC[C@H](O)c3ccccc3)C(=O)N2c2ccc(N=O)cc2)cc1. The highest BCUT2D eigenvalue weighted by Gasteiger charge is 2.48. The van der Waals surface area contributed by atoms with Gasteiger partial charge in [0.1, 0.15) is 11.4 Å². The van der Waals surface area contributed by atoms with Crippen molar-refractivity contribution in [2.24, 2.45) is 11.1 Å². The molecule has 6 heteroatoms. The van der Waals surface area contributed by atoms with Gasteiger partial charge in [-0.15, -0.1) is 4.91 Å². The molecular formula is C25H24N2O4. The van der Waals surface area contributed by atoms with Gasteiger partial charge in [0, 0.05) is 5.69 Å². The van der Waals surface area contributed by atoms with Gasteiger partial charge in [0.2, 0.25) is 5.91 Å². The summed E-state index contributed by atoms with van der Waals surface area (Å²) < 4.78 is 5.26. The van der Waals surface area contributed by atoms with E-state index in [4.69, 9.17) is 4.74 Å². The van der Waals surface area contributed by atoms with Crippen LogP contribution in [-0.2, 0) is 4.79 Å². The summed E-state index contributed by atoms with van der Waals surface area (Å²) in [5.41, 5.74) is 2.89. The van der Waals surface area contributed by atoms with Crippen molar-refractivity contribution in [3.8, 4) is 5.75 Å². The van der Waals surface area contributed by atoms with Crippen LogP contribution in [0.4, 0.5) is 11.4 Å². The Kier molecular flexibility index (Phi) is 6.09. The minimum atomic E-state index is -0.613. The summed E-state index contributed by atoms with van der Waals surface area (Å²) >= 11 is 0. The molecule has 0 bridgehead atoms. The fourth-order valence-electron chi connectivity index (χ4n) is 4.15. The Morgan fingerprint density at radius 3 is 2.29 bits per heavy atom. The molecule has 1 fully saturated rings. The van der Waals surface area contributed by atoms with Gasteiger partial charge in [-0.1, -0.05) is 42.5 Å². The number of rotatable bonds is 8. The van der Waals surface area contributed by atoms with Crippen LogP contribution < -0.4 is 9.64 Å². The van der Waals surface area contributed by atoms with Crippen molar-refractivity contribution in [3.05, 3.63) is 94.9 Å². The summed E-state index contributed by atoms with van der Waals surface area (Å²) in [4.78, 5) is 25.6. The van der Waals surface area contributed by atoms with Gasteiger partial charge in [-0.25, -0.2) is 0 Å². The number of amides is 1. The molecule has 0 spiro atoms. The van der Waals surface area contributed by atoms with Crippen LogP contribution in [0.25, 0.3) is 0 Å². The number of carbonyl (C=O) groups excluding carboxylic acids is 1. The highest BCUT2D eigenvalue weighted by molar-refractivity contribution is 6.03. The Hall–Kier alpha value is -3.51. The average Bonchev–Trinajstić information content (AvgIpc) is 2.83. The summed E-state index contributed by atoms with van der Waals surface area (Å²) in [7, 11) is 1.62. The van der Waals surface area contributed by atoms with Crippen molar-refractivity contribution >= 4 is 17.3 Å². The molecule has 4 rings (SSSR count). The second-order valence-electron chi connectivity index (χ2n) is 7.64. The van der Waals surface area contributed by atoms with Crippen molar-refractivity contribution in [1.82, 2.24) is 0 Å². The van der Waals surface area contributed by atoms with Gasteiger partial charge < -0.3 is 14.7 Å². The molecular weight excluding hydrogens is 392 g/mol. The lowest BCUT2D eigenvalue weighted by Gasteiger charge is -2.48. The molecule has 1 heterocycles. The first kappa shape index (κ1) is 20.8. The van der Waals surface area contributed by atoms with Gasteiger partial charge in [0.25, 0.3) is 0 Å². The quantitative estimate of drug-likeness (QED) is 0.399. The van der Waals surface area contributed by atoms with E-state index in [9.17, 15) is 14.8 Å². The molecule has 3 atom stereocenters. The fourth-order valence-corrected chi connectivity index (χ4v) is 4.15. The second kappa shape index (κ2) is 9.10. The summed E-state index contributed by atoms with van der Waals surface area (Å²) in [5, 5.41) is 13.5. The topological polar surface area (TPSA) is 79.2 Å². The van der Waals surface area contributed by atoms with Crippen LogP contribution in [0.15, 0.2) is 84.0 Å². The molecule has 0 aliphatic carbocycles. The van der Waals surface area contributed by atoms with Crippen molar-refractivity contribution in [3.63, 3.8) is 0 Å². The lowest BCUT2D eigenvalue weighted by atomic mass is 9.78. The highest BCUT2D eigenvalue weighted by atomic mass is 16.5. The third-order valence-electron chi connectivity index (χ3n) is 5.84. The third-order valence-corrected chi connectivity index (χ3v) is 5.84. The molecule has 31 heavy (non-hydrogen) atoms. The van der Waals surface area contributed by atoms with Gasteiger partial charge in [0.15, 0.2) is 0 Å². The minimum absolute atomic E-state index is 0.00731. The van der Waals surface area contributed by atoms with Gasteiger partial charge >= 0.3 is 0 Å². The average molecular weight is 416 g/mol. The number of methoxy groups -OCH3 is 1. The largest absolute Gasteiger partial charge is 0.497 e. The van der Waals surface area contributed by atoms with Crippen LogP contribution >= 0.6 is 0 Å². The molecule has 1 saturated heterocycles. The van der Waals surface area contributed by atoms with E-state index >= 15 is 0 Å². The van der Waals surface area contributed by atoms with Gasteiger partial charge in [-0.2, -0.15) is 0 Å². The Morgan fingerprint density at radius 1 is 1.00 bits per heavy atom. The lowest BCUT2D eigenvalue weighted by molar-refractivity contribution is -0.131. The summed E-state index contributed by atoms with van der Waals surface area (Å²) in [5.74, 6) is 0.516. The number of hydrogen-bond acceptors (Lipinski definition) is 5. The van der Waals surface area contributed by atoms with Gasteiger partial charge in [-0.05, 0) is 65.5 Å². The predicted octanol–water partition coefficient (Wildman–Crippen LogP) is 5.31. The standard InChI is InChI=1S/C25H24N2O4/c1-31-21-13-7-18(8-14-21)24-22(15-16-23(28)17-5-3-2-4-6-17)25(29)27(24)20-11-9-19(26-30)10-12-20/h2-14,22-24,28H,15-16H2,1H3/t22?,23-,24?/m0/s1. The molecule has 0 saturated carbocycles. The van der Waals surface area contributed by atoms with Crippen molar-refractivity contribution in [2.75, 3.05) is 12.0 Å². The number of aliphatic hydroxyl groups is 1. The van der Waals surface area contributed by atoms with Gasteiger partial charge in [-0.3, -0.25) is 4.79 Å². The first-order chi connectivity index (χ1) is 15.1. The number of carbonyl (C=O) groups is 1. The highest BCUT2D eigenvalue weighted by Crippen LogP contribution is 2.46. The van der Waals surface area contributed by atoms with Gasteiger partial charge in [0.05, 0.1) is 25.2 Å². The molecule has 1 aliphatic heterocycles. The lowest BCUT2D eigenvalue weighted by Crippen LogP contribution is -2.55. The first-order valence-corrected chi connectivity index (χ1v) is 10.3. The zero-order chi connectivity index (χ0) is 21.8. The Morgan fingerprint density at radius 2 is 1.68 bits per heavy atom. The van der Waals surface area contributed by atoms with Crippen molar-refractivity contribution in [2.45, 2.75) is 25.0 Å². The number of benzene rings is 3. The van der Waals surface area contributed by atoms with E-state index in [2.05, 4.69) is 5.18 Å². The number of aliphatic hydroxyl groups excluding tert-OH is 1. The summed E-state index contributed by atoms with van der Waals surface area (Å²) in [6.07, 6.45) is 0.447. The molecule has 3 aromatic carbocycles. The molecule has 1 aliphatic rings. The third kappa shape index (κ3) is 4.20. The van der Waals surface area contributed by atoms with Crippen LogP contribution in [0.1, 0.15) is 36.1 Å². The van der Waals surface area contributed by atoms with E-state index < -0.39 is 6.10 Å². The maximum atomic E-state index is 13.1. The number of nitroso groups, excluding NO2 is 1. The number of ether oxygens (including phenoxy) is 1. The number of hydrogen-bond donors (Lipinski definition) is 1. The molecule has 6 nitrogen and oxygen atoms in total. The zero-order valence-electron chi connectivity index (χ0n) is 17.2. The summed E-state index contributed by atoms with van der Waals surface area (Å²) in [6, 6.07) is 23.7. The molecule has 1 amide bonds. The number of nitrogens with zero attached hydrogens (tertiary/aromatic N) is 2. The predicted molar refractivity (Wildman–Crippen MR) is 119 cm³/mol. The van der Waals surface area contributed by atoms with Crippen LogP contribution in [0.2, 0.25) is 0 Å². The first-order valence-electron chi connectivity index (χ1n) is 10.3. The fraction of sp³-hybridized carbons (Fsp3) is 0.240.